The highest BCUT2D eigenvalue weighted by Crippen LogP contribution is 2.42. The van der Waals surface area contributed by atoms with E-state index in [1.165, 1.54) is 55.1 Å². The van der Waals surface area contributed by atoms with E-state index >= 15 is 0 Å². The minimum Gasteiger partial charge on any atom is -0.497 e. The molecule has 3 heterocycles. The van der Waals surface area contributed by atoms with Gasteiger partial charge in [0.1, 0.15) is 29.4 Å². The summed E-state index contributed by atoms with van der Waals surface area (Å²) in [5.74, 6) is 5.32. The fraction of sp³-hybridized carbons (Fsp3) is 0.411. The Morgan fingerprint density at radius 3 is 1.67 bits per heavy atom. The van der Waals surface area contributed by atoms with Gasteiger partial charge in [-0.3, -0.25) is 47.9 Å². The van der Waals surface area contributed by atoms with E-state index in [0.29, 0.717) is 54.1 Å². The molecule has 404 valence electrons. The van der Waals surface area contributed by atoms with E-state index < -0.39 is 59.2 Å². The van der Waals surface area contributed by atoms with Crippen LogP contribution in [-0.4, -0.2) is 141 Å². The van der Waals surface area contributed by atoms with Gasteiger partial charge in [0.15, 0.2) is 0 Å². The third-order valence-electron chi connectivity index (χ3n) is 12.7. The number of carbonyl (C=O) groups excluding carboxylic acids is 4. The molecule has 0 aliphatic carbocycles. The number of unbranched alkanes of at least 4 members (excludes halogenated alkanes) is 3. The zero-order valence-corrected chi connectivity index (χ0v) is 43.6. The molecule has 20 heteroatoms. The average molecular weight is 1050 g/mol. The molecule has 5 aromatic rings. The first-order chi connectivity index (χ1) is 36.7. The van der Waals surface area contributed by atoms with Gasteiger partial charge in [0.05, 0.1) is 92.9 Å². The molecule has 0 spiro atoms. The summed E-state index contributed by atoms with van der Waals surface area (Å²) in [4.78, 5) is 83.7. The smallest absolute Gasteiger partial charge is 0.333 e. The standard InChI is InChI=1S/C56H65N5O15/c1-69-45-22-18-41(19-23-45)56(40-16-12-10-13-17-40,42-20-24-46(70-2)25-21-42)75-38-48-47(62)31-50(76-48)61-28-26-49(63)60(55(61)68)27-14-9-7-8-11-15-39-29-43(32-58(34-51(64)71-3)35-52(65)72-4)57-44(30-39)33-59(36-53(66)73-5)37-54(67)74-6/h10,12-13,16-26,28-30,47-48,50,62H,7-9,14,27,31-38H2,1-6H3. The highest BCUT2D eigenvalue weighted by atomic mass is 16.6. The Balaban J connectivity index is 1.13. The molecular weight excluding hydrogens is 983 g/mol. The Kier molecular flexibility index (Phi) is 21.4. The third-order valence-corrected chi connectivity index (χ3v) is 12.7. The number of aromatic nitrogens is 3. The molecule has 3 atom stereocenters. The van der Waals surface area contributed by atoms with Crippen LogP contribution >= 0.6 is 0 Å². The third kappa shape index (κ3) is 15.5. The van der Waals surface area contributed by atoms with Gasteiger partial charge in [-0.15, -0.1) is 0 Å². The number of carbonyl (C=O) groups is 4. The van der Waals surface area contributed by atoms with E-state index in [1.807, 2.05) is 78.9 Å². The van der Waals surface area contributed by atoms with Crippen LogP contribution in [0.1, 0.15) is 72.0 Å². The fourth-order valence-corrected chi connectivity index (χ4v) is 8.76. The summed E-state index contributed by atoms with van der Waals surface area (Å²) in [5, 5.41) is 11.4. The molecule has 3 unspecified atom stereocenters. The number of pyridine rings is 1. The number of nitrogens with zero attached hydrogens (tertiary/aromatic N) is 5. The van der Waals surface area contributed by atoms with Crippen molar-refractivity contribution in [2.45, 2.75) is 75.8 Å². The monoisotopic (exact) mass is 1050 g/mol. The molecule has 76 heavy (non-hydrogen) atoms. The second kappa shape index (κ2) is 28.3. The molecule has 0 bridgehead atoms. The van der Waals surface area contributed by atoms with Crippen molar-refractivity contribution in [2.75, 3.05) is 75.4 Å². The van der Waals surface area contributed by atoms with Gasteiger partial charge < -0.3 is 43.0 Å². The highest BCUT2D eigenvalue weighted by Gasteiger charge is 2.42. The molecule has 3 aromatic carbocycles. The Hall–Kier alpha value is -7.67. The zero-order valence-electron chi connectivity index (χ0n) is 43.6. The first kappa shape index (κ1) is 57.6. The Bertz CT molecular complexity index is 2770. The molecule has 6 rings (SSSR count). The van der Waals surface area contributed by atoms with Gasteiger partial charge in [0.25, 0.3) is 5.56 Å². The summed E-state index contributed by atoms with van der Waals surface area (Å²) in [6.45, 7) is -0.823. The van der Waals surface area contributed by atoms with E-state index in [4.69, 9.17) is 42.9 Å². The quantitative estimate of drug-likeness (QED) is 0.0272. The summed E-state index contributed by atoms with van der Waals surface area (Å²) in [6.07, 6.45) is 0.922. The van der Waals surface area contributed by atoms with Crippen LogP contribution in [0.2, 0.25) is 0 Å². The molecular formula is C56H65N5O15. The second-order valence-corrected chi connectivity index (χ2v) is 17.8. The van der Waals surface area contributed by atoms with Crippen LogP contribution in [0, 0.1) is 11.8 Å². The Labute approximate surface area is 441 Å². The molecule has 1 saturated heterocycles. The second-order valence-electron chi connectivity index (χ2n) is 17.8. The Morgan fingerprint density at radius 1 is 0.684 bits per heavy atom. The van der Waals surface area contributed by atoms with Crippen molar-refractivity contribution in [2.24, 2.45) is 0 Å². The van der Waals surface area contributed by atoms with Crippen molar-refractivity contribution in [3.05, 3.63) is 158 Å². The fourth-order valence-electron chi connectivity index (χ4n) is 8.76. The van der Waals surface area contributed by atoms with E-state index in [1.54, 1.807) is 26.4 Å². The largest absolute Gasteiger partial charge is 0.497 e. The maximum atomic E-state index is 13.9. The average Bonchev–Trinajstić information content (AvgIpc) is 3.80. The summed E-state index contributed by atoms with van der Waals surface area (Å²) in [7, 11) is 8.13. The van der Waals surface area contributed by atoms with Crippen LogP contribution in [0.5, 0.6) is 11.5 Å². The van der Waals surface area contributed by atoms with Crippen molar-refractivity contribution in [3.63, 3.8) is 0 Å². The highest BCUT2D eigenvalue weighted by molar-refractivity contribution is 5.75. The Morgan fingerprint density at radius 2 is 1.18 bits per heavy atom. The molecule has 1 aliphatic heterocycles. The van der Waals surface area contributed by atoms with Gasteiger partial charge in [-0.05, 0) is 65.9 Å². The van der Waals surface area contributed by atoms with Crippen molar-refractivity contribution in [1.29, 1.82) is 0 Å². The molecule has 0 radical (unpaired) electrons. The van der Waals surface area contributed by atoms with Gasteiger partial charge in [0.2, 0.25) is 0 Å². The van der Waals surface area contributed by atoms with Crippen LogP contribution in [0.4, 0.5) is 0 Å². The van der Waals surface area contributed by atoms with Crippen molar-refractivity contribution in [1.82, 2.24) is 23.9 Å². The van der Waals surface area contributed by atoms with Crippen LogP contribution < -0.4 is 20.7 Å². The summed E-state index contributed by atoms with van der Waals surface area (Å²) >= 11 is 0. The number of methoxy groups -OCH3 is 6. The molecule has 1 aliphatic rings. The van der Waals surface area contributed by atoms with E-state index in [2.05, 4.69) is 11.8 Å². The number of hydrogen-bond donors (Lipinski definition) is 1. The lowest BCUT2D eigenvalue weighted by Crippen LogP contribution is -2.40. The van der Waals surface area contributed by atoms with Crippen LogP contribution in [0.15, 0.2) is 113 Å². The first-order valence-electron chi connectivity index (χ1n) is 24.6. The number of ether oxygens (including phenoxy) is 8. The molecule has 2 aromatic heterocycles. The maximum Gasteiger partial charge on any atom is 0.333 e. The minimum absolute atomic E-state index is 0.0237. The number of esters is 4. The summed E-state index contributed by atoms with van der Waals surface area (Å²) in [5.41, 5.74) is 1.63. The number of benzene rings is 3. The summed E-state index contributed by atoms with van der Waals surface area (Å²) in [6, 6.07) is 29.6. The minimum atomic E-state index is -1.17. The lowest BCUT2D eigenvalue weighted by molar-refractivity contribution is -0.147. The maximum absolute atomic E-state index is 13.9. The van der Waals surface area contributed by atoms with Crippen molar-refractivity contribution >= 4 is 23.9 Å². The predicted octanol–water partition coefficient (Wildman–Crippen LogP) is 3.99. The normalized spacial score (nSPS) is 15.1. The molecule has 1 fully saturated rings. The van der Waals surface area contributed by atoms with Gasteiger partial charge in [0, 0.05) is 50.3 Å². The topological polar surface area (TPSA) is 226 Å². The number of aliphatic hydroxyl groups excluding tert-OH is 1. The van der Waals surface area contributed by atoms with E-state index in [-0.39, 0.29) is 58.8 Å². The van der Waals surface area contributed by atoms with Gasteiger partial charge in [-0.25, -0.2) is 4.79 Å². The first-order valence-corrected chi connectivity index (χ1v) is 24.6. The summed E-state index contributed by atoms with van der Waals surface area (Å²) < 4.78 is 46.1. The van der Waals surface area contributed by atoms with Gasteiger partial charge in [-0.1, -0.05) is 72.9 Å². The number of aliphatic hydroxyl groups is 1. The molecule has 20 nitrogen and oxygen atoms in total. The molecule has 0 saturated carbocycles. The van der Waals surface area contributed by atoms with Crippen molar-refractivity contribution in [3.8, 4) is 23.3 Å². The van der Waals surface area contributed by atoms with E-state index in [9.17, 15) is 33.9 Å². The van der Waals surface area contributed by atoms with Crippen LogP contribution in [0.25, 0.3) is 0 Å². The number of rotatable bonds is 26. The van der Waals surface area contributed by atoms with Crippen LogP contribution in [0.3, 0.4) is 0 Å². The lowest BCUT2D eigenvalue weighted by atomic mass is 9.80. The number of hydrogen-bond acceptors (Lipinski definition) is 18. The van der Waals surface area contributed by atoms with Crippen molar-refractivity contribution < 1.29 is 62.2 Å². The SMILES string of the molecule is COC(=O)CN(CC(=O)OC)Cc1cc(C#CCCCCCn2c(=O)ccn(C3CC(O)C(COC(c4ccccc4)(c4ccc(OC)cc4)c4ccc(OC)cc4)O3)c2=O)cc(CN(CC(=O)OC)CC(=O)OC)n1. The van der Waals surface area contributed by atoms with Gasteiger partial charge in [-0.2, -0.15) is 0 Å². The zero-order chi connectivity index (χ0) is 54.6. The van der Waals surface area contributed by atoms with E-state index in [0.717, 1.165) is 21.3 Å². The molecule has 0 amide bonds. The predicted molar refractivity (Wildman–Crippen MR) is 276 cm³/mol. The lowest BCUT2D eigenvalue weighted by Gasteiger charge is -2.37. The molecule has 1 N–H and O–H groups in total. The van der Waals surface area contributed by atoms with Gasteiger partial charge >= 0.3 is 29.6 Å². The van der Waals surface area contributed by atoms with Crippen LogP contribution in [-0.2, 0) is 72.8 Å².